The maximum Gasteiger partial charge on any atom is 0.331 e. The highest BCUT2D eigenvalue weighted by molar-refractivity contribution is 5.86. The van der Waals surface area contributed by atoms with Crippen LogP contribution < -0.4 is 0 Å². The van der Waals surface area contributed by atoms with Gasteiger partial charge < -0.3 is 10.2 Å². The Morgan fingerprint density at radius 3 is 1.72 bits per heavy atom. The second-order valence-corrected chi connectivity index (χ2v) is 6.58. The molecule has 0 aromatic heterocycles. The minimum atomic E-state index is -0.900. The Hall–Kier alpha value is -1.58. The smallest absolute Gasteiger partial charge is 0.331 e. The van der Waals surface area contributed by atoms with Gasteiger partial charge in [-0.2, -0.15) is 0 Å². The van der Waals surface area contributed by atoms with E-state index >= 15 is 0 Å². The summed E-state index contributed by atoms with van der Waals surface area (Å²) in [7, 11) is 0. The Kier molecular flexibility index (Phi) is 16.3. The molecule has 4 nitrogen and oxygen atoms in total. The molecule has 146 valence electrons. The lowest BCUT2D eigenvalue weighted by Gasteiger charge is -2.23. The zero-order chi connectivity index (χ0) is 19.8. The maximum absolute atomic E-state index is 11.1. The first-order valence-electron chi connectivity index (χ1n) is 9.57. The molecule has 0 saturated carbocycles. The number of carboxylic acid groups (broad SMARTS) is 2. The van der Waals surface area contributed by atoms with Gasteiger partial charge in [0.1, 0.15) is 0 Å². The van der Waals surface area contributed by atoms with E-state index < -0.39 is 11.9 Å². The standard InChI is InChI=1S/C16H30O2.C5H8O2/c1-5-8-10-14(7-3)12-15(11-9-6-2)13(4)16(17)18;1-3-4(2)5(6)7/h14-15H,4-12H2,1-3H3,(H,17,18);2-3H2,1H3,(H,6,7). The minimum Gasteiger partial charge on any atom is -0.478 e. The van der Waals surface area contributed by atoms with Crippen molar-refractivity contribution in [1.82, 2.24) is 0 Å². The molecule has 2 N–H and O–H groups in total. The van der Waals surface area contributed by atoms with Gasteiger partial charge in [-0.1, -0.05) is 79.4 Å². The van der Waals surface area contributed by atoms with Crippen molar-refractivity contribution in [1.29, 1.82) is 0 Å². The number of aliphatic carboxylic acids is 2. The Bertz CT molecular complexity index is 412. The number of hydrogen-bond acceptors (Lipinski definition) is 2. The van der Waals surface area contributed by atoms with Crippen molar-refractivity contribution in [3.8, 4) is 0 Å². The van der Waals surface area contributed by atoms with E-state index in [4.69, 9.17) is 10.2 Å². The quantitative estimate of drug-likeness (QED) is 0.393. The van der Waals surface area contributed by atoms with Crippen molar-refractivity contribution in [3.05, 3.63) is 24.3 Å². The van der Waals surface area contributed by atoms with Crippen LogP contribution in [0.5, 0.6) is 0 Å². The van der Waals surface area contributed by atoms with E-state index in [1.54, 1.807) is 6.92 Å². The summed E-state index contributed by atoms with van der Waals surface area (Å²) >= 11 is 0. The predicted octanol–water partition coefficient (Wildman–Crippen LogP) is 6.08. The molecule has 0 heterocycles. The summed E-state index contributed by atoms with van der Waals surface area (Å²) < 4.78 is 0. The van der Waals surface area contributed by atoms with Crippen molar-refractivity contribution >= 4 is 11.9 Å². The summed E-state index contributed by atoms with van der Waals surface area (Å²) in [6, 6.07) is 0. The SMILES string of the molecule is C=C(C(=O)O)C(CCCC)CC(CC)CCCC.C=C(CC)C(=O)O. The van der Waals surface area contributed by atoms with E-state index in [-0.39, 0.29) is 11.5 Å². The fourth-order valence-corrected chi connectivity index (χ4v) is 2.59. The zero-order valence-corrected chi connectivity index (χ0v) is 16.6. The number of carboxylic acids is 2. The van der Waals surface area contributed by atoms with E-state index in [1.165, 1.54) is 19.3 Å². The first-order chi connectivity index (χ1) is 11.7. The molecule has 0 aliphatic rings. The van der Waals surface area contributed by atoms with Crippen LogP contribution in [0.1, 0.15) is 85.5 Å². The molecular formula is C21H38O4. The van der Waals surface area contributed by atoms with Crippen molar-refractivity contribution < 1.29 is 19.8 Å². The number of hydrogen-bond donors (Lipinski definition) is 2. The summed E-state index contributed by atoms with van der Waals surface area (Å²) in [5.74, 6) is -0.892. The molecule has 2 unspecified atom stereocenters. The fraction of sp³-hybridized carbons (Fsp3) is 0.714. The summed E-state index contributed by atoms with van der Waals surface area (Å²) in [5, 5.41) is 17.2. The van der Waals surface area contributed by atoms with Gasteiger partial charge in [-0.15, -0.1) is 0 Å². The largest absolute Gasteiger partial charge is 0.478 e. The molecule has 0 saturated heterocycles. The van der Waals surface area contributed by atoms with Crippen LogP contribution in [0.2, 0.25) is 0 Å². The van der Waals surface area contributed by atoms with Crippen molar-refractivity contribution in [3.63, 3.8) is 0 Å². The third kappa shape index (κ3) is 13.4. The summed E-state index contributed by atoms with van der Waals surface area (Å²) in [6.07, 6.45) is 9.56. The lowest BCUT2D eigenvalue weighted by Crippen LogP contribution is -2.16. The molecule has 0 aliphatic carbocycles. The number of rotatable bonds is 13. The van der Waals surface area contributed by atoms with Crippen LogP contribution in [0.3, 0.4) is 0 Å². The van der Waals surface area contributed by atoms with Crippen LogP contribution >= 0.6 is 0 Å². The van der Waals surface area contributed by atoms with Crippen molar-refractivity contribution in [2.24, 2.45) is 11.8 Å². The summed E-state index contributed by atoms with van der Waals surface area (Å²) in [5.41, 5.74) is 0.679. The highest BCUT2D eigenvalue weighted by atomic mass is 16.4. The van der Waals surface area contributed by atoms with Gasteiger partial charge in [-0.05, 0) is 31.1 Å². The molecule has 2 atom stereocenters. The van der Waals surface area contributed by atoms with Gasteiger partial charge in [-0.25, -0.2) is 9.59 Å². The molecule has 0 amide bonds. The summed E-state index contributed by atoms with van der Waals surface area (Å²) in [4.78, 5) is 20.9. The van der Waals surface area contributed by atoms with Crippen LogP contribution in [0.15, 0.2) is 24.3 Å². The van der Waals surface area contributed by atoms with Gasteiger partial charge >= 0.3 is 11.9 Å². The Morgan fingerprint density at radius 2 is 1.40 bits per heavy atom. The molecule has 0 spiro atoms. The number of carbonyl (C=O) groups is 2. The van der Waals surface area contributed by atoms with Gasteiger partial charge in [-0.3, -0.25) is 0 Å². The highest BCUT2D eigenvalue weighted by Gasteiger charge is 2.21. The third-order valence-electron chi connectivity index (χ3n) is 4.56. The molecule has 0 bridgehead atoms. The van der Waals surface area contributed by atoms with Gasteiger partial charge in [0, 0.05) is 11.1 Å². The van der Waals surface area contributed by atoms with Crippen LogP contribution in [-0.2, 0) is 9.59 Å². The summed E-state index contributed by atoms with van der Waals surface area (Å²) in [6.45, 7) is 15.4. The molecule has 0 aromatic carbocycles. The van der Waals surface area contributed by atoms with Gasteiger partial charge in [0.05, 0.1) is 0 Å². The van der Waals surface area contributed by atoms with Crippen LogP contribution in [0.25, 0.3) is 0 Å². The first-order valence-corrected chi connectivity index (χ1v) is 9.57. The third-order valence-corrected chi connectivity index (χ3v) is 4.56. The van der Waals surface area contributed by atoms with E-state index in [0.29, 0.717) is 17.9 Å². The van der Waals surface area contributed by atoms with Gasteiger partial charge in [0.2, 0.25) is 0 Å². The molecule has 25 heavy (non-hydrogen) atoms. The second kappa shape index (κ2) is 15.9. The van der Waals surface area contributed by atoms with Crippen LogP contribution in [0, 0.1) is 11.8 Å². The predicted molar refractivity (Wildman–Crippen MR) is 105 cm³/mol. The second-order valence-electron chi connectivity index (χ2n) is 6.58. The highest BCUT2D eigenvalue weighted by Crippen LogP contribution is 2.29. The van der Waals surface area contributed by atoms with Crippen LogP contribution in [0.4, 0.5) is 0 Å². The molecular weight excluding hydrogens is 316 g/mol. The first kappa shape index (κ1) is 25.7. The lowest BCUT2D eigenvalue weighted by molar-refractivity contribution is -0.134. The Morgan fingerprint density at radius 1 is 0.880 bits per heavy atom. The van der Waals surface area contributed by atoms with Gasteiger partial charge in [0.15, 0.2) is 0 Å². The Labute approximate surface area is 154 Å². The average Bonchev–Trinajstić information content (AvgIpc) is 2.60. The van der Waals surface area contributed by atoms with E-state index in [0.717, 1.165) is 32.1 Å². The van der Waals surface area contributed by atoms with Crippen molar-refractivity contribution in [2.45, 2.75) is 85.5 Å². The topological polar surface area (TPSA) is 74.6 Å². The van der Waals surface area contributed by atoms with Gasteiger partial charge in [0.25, 0.3) is 0 Å². The normalized spacial score (nSPS) is 12.5. The molecule has 0 rings (SSSR count). The van der Waals surface area contributed by atoms with Crippen LogP contribution in [-0.4, -0.2) is 22.2 Å². The zero-order valence-electron chi connectivity index (χ0n) is 16.6. The maximum atomic E-state index is 11.1. The molecule has 4 heteroatoms. The van der Waals surface area contributed by atoms with Crippen molar-refractivity contribution in [2.75, 3.05) is 0 Å². The minimum absolute atomic E-state index is 0.171. The van der Waals surface area contributed by atoms with E-state index in [9.17, 15) is 9.59 Å². The van der Waals surface area contributed by atoms with E-state index in [1.807, 2.05) is 0 Å². The average molecular weight is 355 g/mol. The molecule has 0 aromatic rings. The molecule has 0 radical (unpaired) electrons. The lowest BCUT2D eigenvalue weighted by atomic mass is 9.82. The number of unbranched alkanes of at least 4 members (excludes halogenated alkanes) is 2. The molecule has 0 fully saturated rings. The Balaban J connectivity index is 0. The van der Waals surface area contributed by atoms with E-state index in [2.05, 4.69) is 33.9 Å². The molecule has 0 aliphatic heterocycles. The fourth-order valence-electron chi connectivity index (χ4n) is 2.59. The monoisotopic (exact) mass is 354 g/mol.